The second kappa shape index (κ2) is 5.25. The zero-order valence-corrected chi connectivity index (χ0v) is 13.6. The van der Waals surface area contributed by atoms with Crippen LogP contribution >= 0.6 is 15.9 Å². The van der Waals surface area contributed by atoms with Gasteiger partial charge in [-0.25, -0.2) is 0 Å². The Balaban J connectivity index is 1.76. The molecule has 0 radical (unpaired) electrons. The fourth-order valence-electron chi connectivity index (χ4n) is 3.88. The Morgan fingerprint density at radius 1 is 1.10 bits per heavy atom. The average molecular weight is 347 g/mol. The molecule has 4 heteroatoms. The van der Waals surface area contributed by atoms with E-state index in [1.807, 2.05) is 10.6 Å². The second-order valence-corrected chi connectivity index (χ2v) is 7.09. The van der Waals surface area contributed by atoms with Crippen molar-refractivity contribution in [2.24, 2.45) is 0 Å². The summed E-state index contributed by atoms with van der Waals surface area (Å²) in [6, 6.07) is 7.87. The van der Waals surface area contributed by atoms with Gasteiger partial charge < -0.3 is 9.47 Å². The number of likely N-dealkylation sites (tertiary alicyclic amines) is 1. The lowest BCUT2D eigenvalue weighted by molar-refractivity contribution is 0.212. The lowest BCUT2D eigenvalue weighted by atomic mass is 9.98. The van der Waals surface area contributed by atoms with Gasteiger partial charge in [0, 0.05) is 29.5 Å². The van der Waals surface area contributed by atoms with Crippen LogP contribution in [0.3, 0.4) is 0 Å². The zero-order valence-electron chi connectivity index (χ0n) is 12.0. The van der Waals surface area contributed by atoms with Crippen LogP contribution in [0.2, 0.25) is 0 Å². The minimum absolute atomic E-state index is 0.128. The first-order valence-electron chi connectivity index (χ1n) is 7.78. The summed E-state index contributed by atoms with van der Waals surface area (Å²) in [6.45, 7) is 4.30. The van der Waals surface area contributed by atoms with Gasteiger partial charge in [-0.2, -0.15) is 0 Å². The Morgan fingerprint density at radius 2 is 1.86 bits per heavy atom. The first-order chi connectivity index (χ1) is 10.2. The van der Waals surface area contributed by atoms with Crippen molar-refractivity contribution in [3.05, 3.63) is 44.7 Å². The summed E-state index contributed by atoms with van der Waals surface area (Å²) in [5, 5.41) is 1.17. The van der Waals surface area contributed by atoms with Gasteiger partial charge in [0.05, 0.1) is 5.52 Å². The molecule has 2 aromatic rings. The van der Waals surface area contributed by atoms with E-state index >= 15 is 0 Å². The van der Waals surface area contributed by atoms with Gasteiger partial charge in [0.25, 0.3) is 5.56 Å². The quantitative estimate of drug-likeness (QED) is 0.833. The van der Waals surface area contributed by atoms with Crippen LogP contribution in [0.15, 0.2) is 33.5 Å². The number of piperidine rings is 1. The number of hydrogen-bond acceptors (Lipinski definition) is 2. The second-order valence-electron chi connectivity index (χ2n) is 6.24. The summed E-state index contributed by atoms with van der Waals surface area (Å²) in [4.78, 5) is 14.7. The number of pyridine rings is 1. The van der Waals surface area contributed by atoms with Gasteiger partial charge in [0.1, 0.15) is 0 Å². The normalized spacial score (nSPS) is 22.0. The Labute approximate surface area is 132 Å². The molecule has 3 nitrogen and oxygen atoms in total. The lowest BCUT2D eigenvalue weighted by Crippen LogP contribution is -2.34. The van der Waals surface area contributed by atoms with Crippen LogP contribution in [0.25, 0.3) is 10.9 Å². The van der Waals surface area contributed by atoms with E-state index in [1.165, 1.54) is 43.3 Å². The molecule has 2 aliphatic heterocycles. The van der Waals surface area contributed by atoms with Crippen LogP contribution in [0.5, 0.6) is 0 Å². The van der Waals surface area contributed by atoms with Crippen molar-refractivity contribution in [3.8, 4) is 0 Å². The molecule has 0 N–H and O–H groups in total. The highest BCUT2D eigenvalue weighted by Gasteiger charge is 2.29. The number of benzene rings is 1. The summed E-state index contributed by atoms with van der Waals surface area (Å²) >= 11 is 3.71. The van der Waals surface area contributed by atoms with E-state index in [4.69, 9.17) is 0 Å². The molecule has 4 rings (SSSR count). The maximum atomic E-state index is 12.2. The van der Waals surface area contributed by atoms with Gasteiger partial charge in [0.2, 0.25) is 0 Å². The first kappa shape index (κ1) is 13.5. The smallest absolute Gasteiger partial charge is 0.251 e. The molecule has 3 heterocycles. The molecule has 1 aromatic heterocycles. The maximum absolute atomic E-state index is 12.2. The van der Waals surface area contributed by atoms with Crippen LogP contribution in [-0.2, 0) is 6.54 Å². The van der Waals surface area contributed by atoms with E-state index in [2.05, 4.69) is 33.0 Å². The number of halogens is 1. The Bertz CT molecular complexity index is 746. The fourth-order valence-corrected chi connectivity index (χ4v) is 4.52. The van der Waals surface area contributed by atoms with Crippen LogP contribution in [0.4, 0.5) is 0 Å². The van der Waals surface area contributed by atoms with Gasteiger partial charge in [-0.1, -0.05) is 28.4 Å². The van der Waals surface area contributed by atoms with Crippen molar-refractivity contribution in [1.29, 1.82) is 0 Å². The van der Waals surface area contributed by atoms with E-state index in [9.17, 15) is 4.79 Å². The molecule has 2 aliphatic rings. The summed E-state index contributed by atoms with van der Waals surface area (Å²) in [5.41, 5.74) is 2.60. The van der Waals surface area contributed by atoms with Crippen molar-refractivity contribution < 1.29 is 0 Å². The lowest BCUT2D eigenvalue weighted by Gasteiger charge is -2.29. The van der Waals surface area contributed by atoms with E-state index in [0.717, 1.165) is 23.1 Å². The van der Waals surface area contributed by atoms with Crippen molar-refractivity contribution >= 4 is 26.8 Å². The van der Waals surface area contributed by atoms with E-state index in [1.54, 1.807) is 6.07 Å². The maximum Gasteiger partial charge on any atom is 0.251 e. The monoisotopic (exact) mass is 346 g/mol. The molecule has 1 fully saturated rings. The van der Waals surface area contributed by atoms with Gasteiger partial charge in [-0.15, -0.1) is 0 Å². The average Bonchev–Trinajstić information content (AvgIpc) is 2.88. The minimum Gasteiger partial charge on any atom is -0.307 e. The SMILES string of the molecule is O=c1ccc2ccc(Br)c3c2n1CC3CN1CCCCC1. The van der Waals surface area contributed by atoms with Gasteiger partial charge in [0.15, 0.2) is 0 Å². The Morgan fingerprint density at radius 3 is 2.67 bits per heavy atom. The van der Waals surface area contributed by atoms with E-state index < -0.39 is 0 Å². The molecule has 1 saturated heterocycles. The summed E-state index contributed by atoms with van der Waals surface area (Å²) < 4.78 is 3.11. The Hall–Kier alpha value is -1.13. The molecule has 0 spiro atoms. The number of hydrogen-bond donors (Lipinski definition) is 0. The van der Waals surface area contributed by atoms with Gasteiger partial charge in [-0.3, -0.25) is 4.79 Å². The fraction of sp³-hybridized carbons (Fsp3) is 0.471. The van der Waals surface area contributed by atoms with Crippen LogP contribution in [0.1, 0.15) is 30.7 Å². The highest BCUT2D eigenvalue weighted by Crippen LogP contribution is 2.38. The molecule has 1 unspecified atom stereocenters. The number of aromatic nitrogens is 1. The van der Waals surface area contributed by atoms with Crippen molar-refractivity contribution in [1.82, 2.24) is 9.47 Å². The first-order valence-corrected chi connectivity index (χ1v) is 8.57. The molecule has 0 saturated carbocycles. The topological polar surface area (TPSA) is 25.2 Å². The highest BCUT2D eigenvalue weighted by molar-refractivity contribution is 9.10. The van der Waals surface area contributed by atoms with E-state index in [0.29, 0.717) is 5.92 Å². The Kier molecular flexibility index (Phi) is 3.38. The molecule has 1 aromatic carbocycles. The van der Waals surface area contributed by atoms with Crippen LogP contribution in [-0.4, -0.2) is 29.1 Å². The minimum atomic E-state index is 0.128. The molecule has 1 atom stereocenters. The third-order valence-corrected chi connectivity index (χ3v) is 5.57. The third-order valence-electron chi connectivity index (χ3n) is 4.87. The predicted molar refractivity (Wildman–Crippen MR) is 88.9 cm³/mol. The van der Waals surface area contributed by atoms with Crippen molar-refractivity contribution in [3.63, 3.8) is 0 Å². The van der Waals surface area contributed by atoms with Gasteiger partial charge in [-0.05, 0) is 49.0 Å². The summed E-state index contributed by atoms with van der Waals surface area (Å²) in [5.74, 6) is 0.427. The molecule has 110 valence electrons. The summed E-state index contributed by atoms with van der Waals surface area (Å²) in [6.07, 6.45) is 3.98. The molecule has 0 aliphatic carbocycles. The van der Waals surface area contributed by atoms with Crippen LogP contribution < -0.4 is 5.56 Å². The van der Waals surface area contributed by atoms with Crippen molar-refractivity contribution in [2.75, 3.05) is 19.6 Å². The summed E-state index contributed by atoms with van der Waals surface area (Å²) in [7, 11) is 0. The third kappa shape index (κ3) is 2.25. The largest absolute Gasteiger partial charge is 0.307 e. The van der Waals surface area contributed by atoms with Gasteiger partial charge >= 0.3 is 0 Å². The van der Waals surface area contributed by atoms with E-state index in [-0.39, 0.29) is 5.56 Å². The predicted octanol–water partition coefficient (Wildman–Crippen LogP) is 3.35. The molecule has 0 amide bonds. The zero-order chi connectivity index (χ0) is 14.4. The molecular weight excluding hydrogens is 328 g/mol. The molecule has 21 heavy (non-hydrogen) atoms. The standard InChI is InChI=1S/C17H19BrN2O/c18-14-6-4-12-5-7-15(21)20-11-13(16(14)17(12)20)10-19-8-2-1-3-9-19/h4-7,13H,1-3,8-11H2. The molecule has 0 bridgehead atoms. The number of nitrogens with zero attached hydrogens (tertiary/aromatic N) is 2. The highest BCUT2D eigenvalue weighted by atomic mass is 79.9. The van der Waals surface area contributed by atoms with Crippen molar-refractivity contribution in [2.45, 2.75) is 31.7 Å². The molecular formula is C17H19BrN2O. The number of rotatable bonds is 2. The van der Waals surface area contributed by atoms with Crippen LogP contribution in [0, 0.1) is 0 Å².